The average Bonchev–Trinajstić information content (AvgIpc) is 2.66. The molecule has 0 saturated carbocycles. The van der Waals surface area contributed by atoms with Gasteiger partial charge in [-0.15, -0.1) is 0 Å². The molecule has 0 aliphatic rings. The van der Waals surface area contributed by atoms with Crippen molar-refractivity contribution in [1.82, 2.24) is 5.32 Å². The van der Waals surface area contributed by atoms with Crippen molar-refractivity contribution in [3.05, 3.63) is 53.6 Å². The number of ether oxygens (including phenoxy) is 3. The van der Waals surface area contributed by atoms with Crippen LogP contribution in [0.25, 0.3) is 0 Å². The number of unbranched alkanes of at least 4 members (excludes halogenated alkanes) is 1. The van der Waals surface area contributed by atoms with E-state index in [9.17, 15) is 4.79 Å². The summed E-state index contributed by atoms with van der Waals surface area (Å²) in [5, 5.41) is 2.90. The van der Waals surface area contributed by atoms with Crippen molar-refractivity contribution in [2.24, 2.45) is 0 Å². The van der Waals surface area contributed by atoms with Crippen LogP contribution in [0.5, 0.6) is 17.2 Å². The van der Waals surface area contributed by atoms with Crippen LogP contribution in [-0.4, -0.2) is 26.7 Å². The van der Waals surface area contributed by atoms with Crippen molar-refractivity contribution in [3.8, 4) is 17.2 Å². The second-order valence-corrected chi connectivity index (χ2v) is 5.60. The van der Waals surface area contributed by atoms with Crippen molar-refractivity contribution in [2.75, 3.05) is 20.8 Å². The molecule has 1 amide bonds. The highest BCUT2D eigenvalue weighted by molar-refractivity contribution is 5.94. The Labute approximate surface area is 148 Å². The molecule has 0 radical (unpaired) electrons. The van der Waals surface area contributed by atoms with Crippen LogP contribution in [0.15, 0.2) is 42.5 Å². The Hall–Kier alpha value is -2.69. The second kappa shape index (κ2) is 9.57. The lowest BCUT2D eigenvalue weighted by atomic mass is 10.1. The molecule has 0 bridgehead atoms. The third-order valence-electron chi connectivity index (χ3n) is 3.78. The van der Waals surface area contributed by atoms with Crippen LogP contribution in [0.1, 0.15) is 35.7 Å². The topological polar surface area (TPSA) is 56.8 Å². The number of carbonyl (C=O) groups is 1. The zero-order valence-electron chi connectivity index (χ0n) is 15.0. The average molecular weight is 343 g/mol. The summed E-state index contributed by atoms with van der Waals surface area (Å²) in [6.07, 6.45) is 2.12. The lowest BCUT2D eigenvalue weighted by Crippen LogP contribution is -2.22. The summed E-state index contributed by atoms with van der Waals surface area (Å²) in [4.78, 5) is 12.3. The predicted octanol–water partition coefficient (Wildman–Crippen LogP) is 3.81. The molecule has 1 N–H and O–H groups in total. The molecule has 2 rings (SSSR count). The first-order valence-electron chi connectivity index (χ1n) is 8.40. The van der Waals surface area contributed by atoms with E-state index in [4.69, 9.17) is 14.2 Å². The van der Waals surface area contributed by atoms with Crippen molar-refractivity contribution < 1.29 is 19.0 Å². The molecule has 0 spiro atoms. The van der Waals surface area contributed by atoms with E-state index in [0.29, 0.717) is 30.2 Å². The van der Waals surface area contributed by atoms with Crippen molar-refractivity contribution in [2.45, 2.75) is 26.3 Å². The molecular formula is C20H25NO4. The SMILES string of the molecule is CCCCOc1ccc(C(=O)NCc2ccc(OC)c(OC)c2)cc1. The highest BCUT2D eigenvalue weighted by Crippen LogP contribution is 2.27. The Morgan fingerprint density at radius 2 is 1.72 bits per heavy atom. The number of benzene rings is 2. The molecule has 0 atom stereocenters. The number of methoxy groups -OCH3 is 2. The zero-order valence-corrected chi connectivity index (χ0v) is 15.0. The lowest BCUT2D eigenvalue weighted by molar-refractivity contribution is 0.0951. The van der Waals surface area contributed by atoms with Gasteiger partial charge < -0.3 is 19.5 Å². The number of nitrogens with one attached hydrogen (secondary N) is 1. The minimum absolute atomic E-state index is 0.130. The van der Waals surface area contributed by atoms with E-state index in [1.54, 1.807) is 26.4 Å². The van der Waals surface area contributed by atoms with E-state index in [-0.39, 0.29) is 5.91 Å². The number of carbonyl (C=O) groups excluding carboxylic acids is 1. The molecule has 0 aliphatic heterocycles. The minimum atomic E-state index is -0.130. The van der Waals surface area contributed by atoms with Gasteiger partial charge in [-0.05, 0) is 48.4 Å². The summed E-state index contributed by atoms with van der Waals surface area (Å²) in [6.45, 7) is 3.23. The maximum atomic E-state index is 12.3. The fourth-order valence-corrected chi connectivity index (χ4v) is 2.31. The van der Waals surface area contributed by atoms with E-state index in [1.807, 2.05) is 30.3 Å². The minimum Gasteiger partial charge on any atom is -0.494 e. The normalized spacial score (nSPS) is 10.2. The van der Waals surface area contributed by atoms with Crippen LogP contribution >= 0.6 is 0 Å². The van der Waals surface area contributed by atoms with Gasteiger partial charge in [-0.1, -0.05) is 19.4 Å². The van der Waals surface area contributed by atoms with Crippen molar-refractivity contribution in [3.63, 3.8) is 0 Å². The van der Waals surface area contributed by atoms with Crippen LogP contribution in [0.4, 0.5) is 0 Å². The Bertz CT molecular complexity index is 683. The molecule has 0 saturated heterocycles. The summed E-state index contributed by atoms with van der Waals surface area (Å²) in [5.74, 6) is 1.96. The lowest BCUT2D eigenvalue weighted by Gasteiger charge is -2.11. The molecule has 5 nitrogen and oxygen atoms in total. The van der Waals surface area contributed by atoms with Gasteiger partial charge in [0.1, 0.15) is 5.75 Å². The summed E-state index contributed by atoms with van der Waals surface area (Å²) < 4.78 is 16.1. The maximum absolute atomic E-state index is 12.3. The number of rotatable bonds is 9. The van der Waals surface area contributed by atoms with Gasteiger partial charge in [-0.2, -0.15) is 0 Å². The maximum Gasteiger partial charge on any atom is 0.251 e. The molecule has 0 heterocycles. The van der Waals surface area contributed by atoms with Crippen molar-refractivity contribution in [1.29, 1.82) is 0 Å². The first kappa shape index (κ1) is 18.6. The van der Waals surface area contributed by atoms with E-state index < -0.39 is 0 Å². The molecule has 134 valence electrons. The molecular weight excluding hydrogens is 318 g/mol. The van der Waals surface area contributed by atoms with E-state index in [0.717, 1.165) is 24.2 Å². The first-order chi connectivity index (χ1) is 12.2. The molecule has 2 aromatic rings. The highest BCUT2D eigenvalue weighted by Gasteiger charge is 2.08. The van der Waals surface area contributed by atoms with Gasteiger partial charge in [0.2, 0.25) is 0 Å². The molecule has 0 unspecified atom stereocenters. The van der Waals surface area contributed by atoms with Crippen molar-refractivity contribution >= 4 is 5.91 Å². The smallest absolute Gasteiger partial charge is 0.251 e. The van der Waals surface area contributed by atoms with Crippen LogP contribution in [-0.2, 0) is 6.54 Å². The Morgan fingerprint density at radius 3 is 2.36 bits per heavy atom. The van der Waals surface area contributed by atoms with Gasteiger partial charge in [0.15, 0.2) is 11.5 Å². The van der Waals surface area contributed by atoms with Crippen LogP contribution < -0.4 is 19.5 Å². The largest absolute Gasteiger partial charge is 0.494 e. The third kappa shape index (κ3) is 5.41. The standard InChI is InChI=1S/C20H25NO4/c1-4-5-12-25-17-9-7-16(8-10-17)20(22)21-14-15-6-11-18(23-2)19(13-15)24-3/h6-11,13H,4-5,12,14H2,1-3H3,(H,21,22). The van der Waals surface area contributed by atoms with Gasteiger partial charge in [-0.3, -0.25) is 4.79 Å². The molecule has 25 heavy (non-hydrogen) atoms. The summed E-state index contributed by atoms with van der Waals surface area (Å²) in [5.41, 5.74) is 1.54. The van der Waals surface area contributed by atoms with Gasteiger partial charge in [-0.25, -0.2) is 0 Å². The molecule has 2 aromatic carbocycles. The second-order valence-electron chi connectivity index (χ2n) is 5.60. The molecule has 0 aromatic heterocycles. The van der Waals surface area contributed by atoms with Crippen LogP contribution in [0.3, 0.4) is 0 Å². The van der Waals surface area contributed by atoms with E-state index in [2.05, 4.69) is 12.2 Å². The summed E-state index contributed by atoms with van der Waals surface area (Å²) in [6, 6.07) is 12.7. The number of amides is 1. The van der Waals surface area contributed by atoms with Gasteiger partial charge in [0, 0.05) is 12.1 Å². The fourth-order valence-electron chi connectivity index (χ4n) is 2.31. The van der Waals surface area contributed by atoms with Crippen LogP contribution in [0, 0.1) is 0 Å². The third-order valence-corrected chi connectivity index (χ3v) is 3.78. The first-order valence-corrected chi connectivity index (χ1v) is 8.40. The molecule has 0 fully saturated rings. The summed E-state index contributed by atoms with van der Waals surface area (Å²) >= 11 is 0. The Kier molecular flexibility index (Phi) is 7.14. The predicted molar refractivity (Wildman–Crippen MR) is 97.6 cm³/mol. The monoisotopic (exact) mass is 343 g/mol. The Balaban J connectivity index is 1.91. The van der Waals surface area contributed by atoms with Gasteiger partial charge >= 0.3 is 0 Å². The van der Waals surface area contributed by atoms with Gasteiger partial charge in [0.25, 0.3) is 5.91 Å². The Morgan fingerprint density at radius 1 is 1.00 bits per heavy atom. The highest BCUT2D eigenvalue weighted by atomic mass is 16.5. The van der Waals surface area contributed by atoms with Crippen LogP contribution in [0.2, 0.25) is 0 Å². The summed E-state index contributed by atoms with van der Waals surface area (Å²) in [7, 11) is 3.18. The van der Waals surface area contributed by atoms with Gasteiger partial charge in [0.05, 0.1) is 20.8 Å². The number of hydrogen-bond donors (Lipinski definition) is 1. The van der Waals surface area contributed by atoms with E-state index >= 15 is 0 Å². The zero-order chi connectivity index (χ0) is 18.1. The molecule has 5 heteroatoms. The fraction of sp³-hybridized carbons (Fsp3) is 0.350. The molecule has 0 aliphatic carbocycles. The quantitative estimate of drug-likeness (QED) is 0.704. The number of hydrogen-bond acceptors (Lipinski definition) is 4. The van der Waals surface area contributed by atoms with E-state index in [1.165, 1.54) is 0 Å².